The highest BCUT2D eigenvalue weighted by Gasteiger charge is 2.29. The highest BCUT2D eigenvalue weighted by Crippen LogP contribution is 2.32. The maximum Gasteiger partial charge on any atom is 0.405 e. The van der Waals surface area contributed by atoms with Crippen molar-refractivity contribution < 1.29 is 45.1 Å². The Balaban J connectivity index is 1.98. The number of nitrogens with one attached hydrogen (secondary N) is 2. The van der Waals surface area contributed by atoms with Crippen molar-refractivity contribution in [3.63, 3.8) is 0 Å². The second kappa shape index (κ2) is 12.3. The molecule has 1 heterocycles. The van der Waals surface area contributed by atoms with Crippen LogP contribution >= 0.6 is 23.2 Å². The minimum absolute atomic E-state index is 0.0394. The number of rotatable bonds is 10. The third-order valence-corrected chi connectivity index (χ3v) is 6.21. The van der Waals surface area contributed by atoms with E-state index in [0.29, 0.717) is 5.56 Å². The number of hydrogen-bond donors (Lipinski definition) is 2. The fourth-order valence-electron chi connectivity index (χ4n) is 3.51. The number of hydrogen-bond acceptors (Lipinski definition) is 4. The van der Waals surface area contributed by atoms with E-state index >= 15 is 0 Å². The molecule has 0 aliphatic carbocycles. The Morgan fingerprint density at radius 3 is 2.41 bits per heavy atom. The van der Waals surface area contributed by atoms with Crippen LogP contribution < -0.4 is 15.4 Å². The zero-order chi connectivity index (χ0) is 29.1. The maximum absolute atomic E-state index is 12.8. The number of aryl methyl sites for hydroxylation is 1. The summed E-state index contributed by atoms with van der Waals surface area (Å²) in [6.07, 6.45) is -10.9. The van der Waals surface area contributed by atoms with Gasteiger partial charge in [0.25, 0.3) is 18.2 Å². The third-order valence-electron chi connectivity index (χ3n) is 5.39. The highest BCUT2D eigenvalue weighted by molar-refractivity contribution is 6.36. The molecule has 0 saturated heterocycles. The number of carbonyl (C=O) groups excluding carboxylic acids is 2. The Morgan fingerprint density at radius 1 is 1.10 bits per heavy atom. The number of imidazole rings is 1. The average Bonchev–Trinajstić information content (AvgIpc) is 3.16. The number of benzene rings is 2. The number of amides is 2. The molecule has 0 bridgehead atoms. The van der Waals surface area contributed by atoms with E-state index in [-0.39, 0.29) is 51.2 Å². The summed E-state index contributed by atoms with van der Waals surface area (Å²) in [4.78, 5) is 28.0. The number of fused-ring (bicyclic) bond motifs is 1. The first-order valence-electron chi connectivity index (χ1n) is 10.9. The van der Waals surface area contributed by atoms with Gasteiger partial charge in [-0.2, -0.15) is 22.0 Å². The molecule has 0 unspecified atom stereocenters. The second-order valence-electron chi connectivity index (χ2n) is 8.12. The number of halogens is 9. The average molecular weight is 603 g/mol. The standard InChI is InChI=1S/C23H19Cl2F7N4O3/c1-36-15-6-16(39-8-17(26)27)12(21(37)34-9-23(30,31)32)4-14(15)35-18(36)5-11-13(24)3-2-10(19(11)25)7-33-22(38)20(28)29/h2-4,6,17,20H,5,7-9H2,1H3,(H,33,38)(H,34,37). The van der Waals surface area contributed by atoms with Crippen molar-refractivity contribution in [2.24, 2.45) is 7.05 Å². The third kappa shape index (κ3) is 7.66. The predicted octanol–water partition coefficient (Wildman–Crippen LogP) is 5.29. The molecule has 0 aliphatic rings. The number of nitrogens with zero attached hydrogens (tertiary/aromatic N) is 2. The van der Waals surface area contributed by atoms with Crippen LogP contribution in [0.25, 0.3) is 11.0 Å². The molecular weight excluding hydrogens is 584 g/mol. The molecule has 2 N–H and O–H groups in total. The molecule has 0 spiro atoms. The molecule has 0 fully saturated rings. The summed E-state index contributed by atoms with van der Waals surface area (Å²) < 4.78 is 94.8. The Kier molecular flexibility index (Phi) is 9.54. The molecule has 3 rings (SSSR count). The first-order chi connectivity index (χ1) is 18.2. The quantitative estimate of drug-likeness (QED) is 0.309. The predicted molar refractivity (Wildman–Crippen MR) is 128 cm³/mol. The minimum Gasteiger partial charge on any atom is -0.487 e. The molecule has 0 atom stereocenters. The SMILES string of the molecule is Cn1c(Cc2c(Cl)ccc(CNC(=O)C(F)F)c2Cl)nc2cc(C(=O)NCC(F)(F)F)c(OCC(F)F)cc21. The molecule has 2 aromatic carbocycles. The van der Waals surface area contributed by atoms with Crippen LogP contribution in [0.1, 0.15) is 27.3 Å². The lowest BCUT2D eigenvalue weighted by Crippen LogP contribution is -2.34. The zero-order valence-electron chi connectivity index (χ0n) is 19.8. The molecule has 39 heavy (non-hydrogen) atoms. The molecule has 0 aliphatic heterocycles. The summed E-state index contributed by atoms with van der Waals surface area (Å²) in [5.74, 6) is -2.80. The van der Waals surface area contributed by atoms with Crippen molar-refractivity contribution >= 4 is 46.0 Å². The van der Waals surface area contributed by atoms with Gasteiger partial charge in [0.15, 0.2) is 0 Å². The summed E-state index contributed by atoms with van der Waals surface area (Å²) >= 11 is 12.7. The normalized spacial score (nSPS) is 11.9. The number of ether oxygens (including phenoxy) is 1. The smallest absolute Gasteiger partial charge is 0.405 e. The Morgan fingerprint density at radius 2 is 1.79 bits per heavy atom. The summed E-state index contributed by atoms with van der Waals surface area (Å²) in [5, 5.41) is 3.95. The van der Waals surface area contributed by atoms with Crippen molar-refractivity contribution in [3.05, 3.63) is 56.8 Å². The van der Waals surface area contributed by atoms with Gasteiger partial charge in [0.1, 0.15) is 24.7 Å². The monoisotopic (exact) mass is 602 g/mol. The number of aromatic nitrogens is 2. The lowest BCUT2D eigenvalue weighted by atomic mass is 10.1. The van der Waals surface area contributed by atoms with E-state index in [1.807, 2.05) is 5.32 Å². The van der Waals surface area contributed by atoms with E-state index in [0.717, 1.165) is 6.07 Å². The summed E-state index contributed by atoms with van der Waals surface area (Å²) in [6, 6.07) is 5.17. The van der Waals surface area contributed by atoms with Gasteiger partial charge in [-0.05, 0) is 23.3 Å². The molecule has 2 amide bonds. The van der Waals surface area contributed by atoms with Gasteiger partial charge in [-0.1, -0.05) is 29.3 Å². The second-order valence-corrected chi connectivity index (χ2v) is 8.90. The van der Waals surface area contributed by atoms with Gasteiger partial charge in [0.2, 0.25) is 0 Å². The zero-order valence-corrected chi connectivity index (χ0v) is 21.3. The fraction of sp³-hybridized carbons (Fsp3) is 0.348. The van der Waals surface area contributed by atoms with Crippen LogP contribution in [0.4, 0.5) is 30.7 Å². The van der Waals surface area contributed by atoms with Crippen LogP contribution in [0.15, 0.2) is 24.3 Å². The van der Waals surface area contributed by atoms with Crippen LogP contribution in [0, 0.1) is 0 Å². The van der Waals surface area contributed by atoms with Crippen LogP contribution in [0.2, 0.25) is 10.0 Å². The van der Waals surface area contributed by atoms with Crippen molar-refractivity contribution in [2.45, 2.75) is 32.0 Å². The van der Waals surface area contributed by atoms with E-state index in [4.69, 9.17) is 27.9 Å². The van der Waals surface area contributed by atoms with Gasteiger partial charge in [-0.25, -0.2) is 13.8 Å². The molecular formula is C23H19Cl2F7N4O3. The molecule has 1 aromatic heterocycles. The highest BCUT2D eigenvalue weighted by atomic mass is 35.5. The maximum atomic E-state index is 12.8. The van der Waals surface area contributed by atoms with Crippen molar-refractivity contribution in [1.29, 1.82) is 0 Å². The van der Waals surface area contributed by atoms with Crippen LogP contribution in [-0.4, -0.2) is 53.5 Å². The van der Waals surface area contributed by atoms with Gasteiger partial charge in [-0.3, -0.25) is 9.59 Å². The Bertz CT molecular complexity index is 1380. The Labute approximate surface area is 226 Å². The van der Waals surface area contributed by atoms with Gasteiger partial charge < -0.3 is 19.9 Å². The van der Waals surface area contributed by atoms with E-state index in [9.17, 15) is 40.3 Å². The molecule has 7 nitrogen and oxygen atoms in total. The minimum atomic E-state index is -4.71. The van der Waals surface area contributed by atoms with Gasteiger partial charge in [0, 0.05) is 31.1 Å². The fourth-order valence-corrected chi connectivity index (χ4v) is 4.09. The topological polar surface area (TPSA) is 85.2 Å². The number of carbonyl (C=O) groups is 2. The molecule has 212 valence electrons. The number of alkyl halides is 7. The molecule has 0 saturated carbocycles. The van der Waals surface area contributed by atoms with Crippen molar-refractivity contribution in [2.75, 3.05) is 13.2 Å². The van der Waals surface area contributed by atoms with E-state index in [1.165, 1.54) is 22.8 Å². The summed E-state index contributed by atoms with van der Waals surface area (Å²) in [5.41, 5.74) is 0.578. The van der Waals surface area contributed by atoms with Gasteiger partial charge in [-0.15, -0.1) is 0 Å². The van der Waals surface area contributed by atoms with E-state index in [1.54, 1.807) is 12.4 Å². The largest absolute Gasteiger partial charge is 0.487 e. The van der Waals surface area contributed by atoms with Crippen molar-refractivity contribution in [1.82, 2.24) is 20.2 Å². The molecule has 3 aromatic rings. The van der Waals surface area contributed by atoms with E-state index < -0.39 is 49.6 Å². The van der Waals surface area contributed by atoms with E-state index in [2.05, 4.69) is 4.98 Å². The molecule has 0 radical (unpaired) electrons. The van der Waals surface area contributed by atoms with Crippen LogP contribution in [0.5, 0.6) is 5.75 Å². The first kappa shape index (κ1) is 30.3. The Hall–Kier alpha value is -3.26. The summed E-state index contributed by atoms with van der Waals surface area (Å²) in [6.45, 7) is -3.08. The van der Waals surface area contributed by atoms with Crippen molar-refractivity contribution in [3.8, 4) is 5.75 Å². The lowest BCUT2D eigenvalue weighted by Gasteiger charge is -2.13. The lowest BCUT2D eigenvalue weighted by molar-refractivity contribution is -0.131. The van der Waals surface area contributed by atoms with Gasteiger partial charge in [0.05, 0.1) is 21.6 Å². The van der Waals surface area contributed by atoms with Crippen LogP contribution in [-0.2, 0) is 24.8 Å². The van der Waals surface area contributed by atoms with Crippen LogP contribution in [0.3, 0.4) is 0 Å². The summed E-state index contributed by atoms with van der Waals surface area (Å²) in [7, 11) is 1.54. The molecule has 16 heteroatoms. The van der Waals surface area contributed by atoms with Gasteiger partial charge >= 0.3 is 12.6 Å². The first-order valence-corrected chi connectivity index (χ1v) is 11.7.